The molecule has 4 rings (SSSR count). The van der Waals surface area contributed by atoms with Crippen LogP contribution in [0.4, 0.5) is 11.5 Å². The van der Waals surface area contributed by atoms with Crippen molar-refractivity contribution in [2.45, 2.75) is 55.4 Å². The molecule has 0 saturated heterocycles. The number of carbonyl (C=O) groups is 2. The number of aromatic nitrogens is 2. The average molecular weight is 732 g/mol. The topological polar surface area (TPSA) is 207 Å². The van der Waals surface area contributed by atoms with E-state index in [1.165, 1.54) is 18.0 Å². The lowest BCUT2D eigenvalue weighted by Crippen LogP contribution is -2.31. The van der Waals surface area contributed by atoms with Crippen molar-refractivity contribution in [3.05, 3.63) is 82.5 Å². The number of halogens is 1. The van der Waals surface area contributed by atoms with Crippen molar-refractivity contribution in [3.63, 3.8) is 0 Å². The van der Waals surface area contributed by atoms with Crippen LogP contribution in [0.2, 0.25) is 5.02 Å². The number of anilines is 1. The quantitative estimate of drug-likeness (QED) is 0.0411. The number of unbranched alkanes of at least 4 members (excludes halogenated alkanes) is 2. The molecule has 0 aliphatic carbocycles. The van der Waals surface area contributed by atoms with Crippen LogP contribution in [0.15, 0.2) is 64.2 Å². The molecule has 266 valence electrons. The summed E-state index contributed by atoms with van der Waals surface area (Å²) >= 11 is 7.23. The van der Waals surface area contributed by atoms with Crippen LogP contribution in [0, 0.1) is 17.9 Å². The first-order valence-corrected chi connectivity index (χ1v) is 17.5. The fraction of sp³-hybridized carbons (Fsp3) is 0.333. The van der Waals surface area contributed by atoms with E-state index in [1.54, 1.807) is 48.5 Å². The van der Waals surface area contributed by atoms with Crippen molar-refractivity contribution >= 4 is 46.8 Å². The second kappa shape index (κ2) is 19.9. The van der Waals surface area contributed by atoms with Crippen LogP contribution in [-0.4, -0.2) is 54.3 Å². The Labute approximate surface area is 305 Å². The van der Waals surface area contributed by atoms with Crippen LogP contribution in [0.1, 0.15) is 49.8 Å². The molecule has 0 spiro atoms. The van der Waals surface area contributed by atoms with Crippen molar-refractivity contribution in [1.29, 1.82) is 5.26 Å². The Balaban J connectivity index is 1.47. The Kier molecular flexibility index (Phi) is 15.1. The molecular weight excluding hydrogens is 694 g/mol. The van der Waals surface area contributed by atoms with Crippen LogP contribution in [0.3, 0.4) is 0 Å². The molecule has 4 aromatic rings. The number of ether oxygens (including phenoxy) is 3. The number of benzene rings is 2. The van der Waals surface area contributed by atoms with Gasteiger partial charge in [-0.3, -0.25) is 9.59 Å². The van der Waals surface area contributed by atoms with Gasteiger partial charge < -0.3 is 35.8 Å². The van der Waals surface area contributed by atoms with E-state index in [1.807, 2.05) is 0 Å². The lowest BCUT2D eigenvalue weighted by atomic mass is 10.00. The van der Waals surface area contributed by atoms with Gasteiger partial charge in [0.15, 0.2) is 6.10 Å². The zero-order valence-electron chi connectivity index (χ0n) is 27.8. The first-order valence-electron chi connectivity index (χ1n) is 16.2. The Morgan fingerprint density at radius 2 is 1.63 bits per heavy atom. The van der Waals surface area contributed by atoms with Crippen molar-refractivity contribution in [2.24, 2.45) is 11.5 Å². The lowest BCUT2D eigenvalue weighted by molar-refractivity contribution is -0.161. The summed E-state index contributed by atoms with van der Waals surface area (Å²) in [6.07, 6.45) is 3.61. The van der Waals surface area contributed by atoms with Gasteiger partial charge in [0.25, 0.3) is 0 Å². The third-order valence-electron chi connectivity index (χ3n) is 7.37. The molecule has 1 atom stereocenters. The number of nitriles is 1. The highest BCUT2D eigenvalue weighted by Crippen LogP contribution is 2.42. The maximum absolute atomic E-state index is 12.4. The molecule has 51 heavy (non-hydrogen) atoms. The summed E-state index contributed by atoms with van der Waals surface area (Å²) in [5.74, 6) is 0.282. The molecule has 6 N–H and O–H groups in total. The third kappa shape index (κ3) is 11.5. The second-order valence-corrected chi connectivity index (χ2v) is 12.6. The molecule has 13 nitrogen and oxygen atoms in total. The minimum absolute atomic E-state index is 0.0162. The molecule has 0 aliphatic rings. The zero-order chi connectivity index (χ0) is 36.6. The number of pyridine rings is 1. The van der Waals surface area contributed by atoms with E-state index in [9.17, 15) is 14.9 Å². The second-order valence-electron chi connectivity index (χ2n) is 11.2. The van der Waals surface area contributed by atoms with Crippen LogP contribution < -0.4 is 21.9 Å². The molecule has 0 amide bonds. The number of oxazole rings is 1. The number of nitrogen functional groups attached to an aromatic ring is 1. The minimum atomic E-state index is -0.848. The largest absolute Gasteiger partial charge is 0.490 e. The number of nitrogens with zero attached hydrogens (tertiary/aromatic N) is 4. The van der Waals surface area contributed by atoms with Gasteiger partial charge in [0.2, 0.25) is 11.6 Å². The minimum Gasteiger partial charge on any atom is -0.490 e. The van der Waals surface area contributed by atoms with E-state index in [2.05, 4.69) is 20.9 Å². The molecule has 0 fully saturated rings. The highest BCUT2D eigenvalue weighted by Gasteiger charge is 2.22. The summed E-state index contributed by atoms with van der Waals surface area (Å²) in [6, 6.07) is 16.0. The fourth-order valence-electron chi connectivity index (χ4n) is 4.77. The summed E-state index contributed by atoms with van der Waals surface area (Å²) in [7, 11) is 0. The molecule has 2 aromatic heterocycles. The molecule has 15 heteroatoms. The van der Waals surface area contributed by atoms with Crippen LogP contribution >= 0.6 is 23.4 Å². The van der Waals surface area contributed by atoms with Gasteiger partial charge in [0.1, 0.15) is 42.1 Å². The Morgan fingerprint density at radius 3 is 2.27 bits per heavy atom. The number of carbonyl (C=O) groups excluding carboxylic acids is 2. The van der Waals surface area contributed by atoms with Gasteiger partial charge >= 0.3 is 11.9 Å². The van der Waals surface area contributed by atoms with Crippen molar-refractivity contribution in [2.75, 3.05) is 32.0 Å². The van der Waals surface area contributed by atoms with Gasteiger partial charge in [-0.15, -0.1) is 0 Å². The summed E-state index contributed by atoms with van der Waals surface area (Å²) < 4.78 is 22.4. The van der Waals surface area contributed by atoms with E-state index < -0.39 is 18.0 Å². The highest BCUT2D eigenvalue weighted by atomic mass is 35.5. The fourth-order valence-corrected chi connectivity index (χ4v) is 5.77. The van der Waals surface area contributed by atoms with Crippen molar-refractivity contribution < 1.29 is 28.2 Å². The number of esters is 2. The van der Waals surface area contributed by atoms with Gasteiger partial charge in [-0.2, -0.15) is 5.26 Å². The molecule has 0 saturated carbocycles. The molecular formula is C36H38ClN7O6S. The summed E-state index contributed by atoms with van der Waals surface area (Å²) in [5, 5.41) is 11.2. The first kappa shape index (κ1) is 38.7. The summed E-state index contributed by atoms with van der Waals surface area (Å²) in [5.41, 5.74) is 19.7. The number of thioether (sulfide) groups is 1. The maximum Gasteiger partial charge on any atom is 0.306 e. The monoisotopic (exact) mass is 731 g/mol. The van der Waals surface area contributed by atoms with Gasteiger partial charge in [-0.25, -0.2) is 14.8 Å². The Morgan fingerprint density at radius 1 is 0.961 bits per heavy atom. The van der Waals surface area contributed by atoms with Crippen LogP contribution in [0.25, 0.3) is 27.4 Å². The van der Waals surface area contributed by atoms with Gasteiger partial charge in [0, 0.05) is 34.7 Å². The predicted octanol–water partition coefficient (Wildman–Crippen LogP) is 6.45. The molecule has 0 radical (unpaired) electrons. The average Bonchev–Trinajstić information content (AvgIpc) is 3.61. The highest BCUT2D eigenvalue weighted by molar-refractivity contribution is 7.98. The Hall–Kier alpha value is -5.12. The number of hydrogen-bond acceptors (Lipinski definition) is 13. The van der Waals surface area contributed by atoms with Gasteiger partial charge in [0.05, 0.1) is 17.8 Å². The summed E-state index contributed by atoms with van der Waals surface area (Å²) in [4.78, 5) is 37.1. The van der Waals surface area contributed by atoms with Crippen LogP contribution in [-0.2, 0) is 24.8 Å². The normalized spacial score (nSPS) is 11.3. The molecule has 0 bridgehead atoms. The molecule has 2 heterocycles. The van der Waals surface area contributed by atoms with E-state index in [0.717, 1.165) is 5.56 Å². The Bertz CT molecular complexity index is 1860. The number of nitrogens with two attached hydrogens (primary N) is 3. The van der Waals surface area contributed by atoms with Crippen LogP contribution in [0.5, 0.6) is 5.75 Å². The van der Waals surface area contributed by atoms with E-state index >= 15 is 0 Å². The molecule has 2 aromatic carbocycles. The van der Waals surface area contributed by atoms with E-state index in [4.69, 9.17) is 54.0 Å². The molecule has 0 unspecified atom stereocenters. The van der Waals surface area contributed by atoms with Gasteiger partial charge in [-0.05, 0) is 80.7 Å². The predicted molar refractivity (Wildman–Crippen MR) is 194 cm³/mol. The van der Waals surface area contributed by atoms with Crippen molar-refractivity contribution in [1.82, 2.24) is 9.97 Å². The SMILES string of the molecule is [C-]#[N+]c1c(N)nc(SCc2coc(-c3ccc(Cl)cc3)n2)c(C#N)c1-c1ccc(OC[C@@H](COC(=O)CCCCN)OC(=O)CCCCN)cc1. The number of rotatable bonds is 19. The maximum atomic E-state index is 12.4. The van der Waals surface area contributed by atoms with E-state index in [0.29, 0.717) is 83.0 Å². The lowest BCUT2D eigenvalue weighted by Gasteiger charge is -2.19. The smallest absolute Gasteiger partial charge is 0.306 e. The molecule has 0 aliphatic heterocycles. The third-order valence-corrected chi connectivity index (χ3v) is 8.63. The van der Waals surface area contributed by atoms with E-state index in [-0.39, 0.29) is 43.1 Å². The van der Waals surface area contributed by atoms with Gasteiger partial charge in [-0.1, -0.05) is 35.5 Å². The standard InChI is InChI=1S/C36H38ClN7O6S/c1-42-33-32(29(18-40)36(44-34(33)41)51-22-26-19-49-35(43-26)24-8-12-25(37)13-9-24)23-10-14-27(15-11-23)47-20-28(50-31(46)7-3-5-17-39)21-48-30(45)6-2-4-16-38/h8-15,19,28H,2-7,16-17,20-22,38-39H2,(H2,41,44)/t28-/m0/s1. The number of hydrogen-bond donors (Lipinski definition) is 3. The zero-order valence-corrected chi connectivity index (χ0v) is 29.4. The first-order chi connectivity index (χ1) is 24.8. The summed E-state index contributed by atoms with van der Waals surface area (Å²) in [6.45, 7) is 8.46. The van der Waals surface area contributed by atoms with Crippen molar-refractivity contribution in [3.8, 4) is 34.4 Å².